The van der Waals surface area contributed by atoms with Crippen LogP contribution in [0, 0.1) is 0 Å². The number of hydrogen-bond donors (Lipinski definition) is 0. The summed E-state index contributed by atoms with van der Waals surface area (Å²) >= 11 is 9.42. The summed E-state index contributed by atoms with van der Waals surface area (Å²) in [5.74, 6) is 1.15. The molecular formula is C16H16BrClN4O2. The Morgan fingerprint density at radius 3 is 2.58 bits per heavy atom. The molecule has 0 unspecified atom stereocenters. The average Bonchev–Trinajstić information content (AvgIpc) is 2.62. The summed E-state index contributed by atoms with van der Waals surface area (Å²) in [7, 11) is 0. The number of ether oxygens (including phenoxy) is 1. The summed E-state index contributed by atoms with van der Waals surface area (Å²) in [5, 5.41) is 0.475. The molecule has 8 heteroatoms. The lowest BCUT2D eigenvalue weighted by molar-refractivity contribution is -0.133. The molecule has 0 atom stereocenters. The number of halogens is 2. The van der Waals surface area contributed by atoms with Crippen LogP contribution in [0.4, 0.5) is 5.95 Å². The number of nitrogens with zero attached hydrogens (tertiary/aromatic N) is 4. The number of aromatic nitrogens is 2. The molecule has 1 fully saturated rings. The van der Waals surface area contributed by atoms with Crippen LogP contribution >= 0.6 is 27.5 Å². The normalized spacial score (nSPS) is 14.6. The summed E-state index contributed by atoms with van der Waals surface area (Å²) < 4.78 is 6.40. The molecule has 2 aromatic rings. The molecule has 0 aliphatic carbocycles. The first-order valence-corrected chi connectivity index (χ1v) is 8.68. The SMILES string of the molecule is O=C(COc1ccc(Br)cc1Cl)N1CCN(c2ncccn2)CC1. The van der Waals surface area contributed by atoms with Crippen molar-refractivity contribution >= 4 is 39.4 Å². The first kappa shape index (κ1) is 17.0. The molecule has 6 nitrogen and oxygen atoms in total. The highest BCUT2D eigenvalue weighted by Gasteiger charge is 2.22. The van der Waals surface area contributed by atoms with Gasteiger partial charge in [0, 0.05) is 43.0 Å². The van der Waals surface area contributed by atoms with Gasteiger partial charge in [-0.05, 0) is 24.3 Å². The maximum atomic E-state index is 12.3. The van der Waals surface area contributed by atoms with Gasteiger partial charge in [0.2, 0.25) is 5.95 Å². The summed E-state index contributed by atoms with van der Waals surface area (Å²) in [5.41, 5.74) is 0. The van der Waals surface area contributed by atoms with E-state index in [-0.39, 0.29) is 12.5 Å². The summed E-state index contributed by atoms with van der Waals surface area (Å²) in [6.07, 6.45) is 3.44. The van der Waals surface area contributed by atoms with E-state index < -0.39 is 0 Å². The van der Waals surface area contributed by atoms with Crippen molar-refractivity contribution in [2.24, 2.45) is 0 Å². The number of benzene rings is 1. The second-order valence-corrected chi connectivity index (χ2v) is 6.60. The maximum Gasteiger partial charge on any atom is 0.260 e. The van der Waals surface area contributed by atoms with Crippen LogP contribution < -0.4 is 9.64 Å². The molecule has 0 saturated carbocycles. The van der Waals surface area contributed by atoms with Gasteiger partial charge in [0.25, 0.3) is 5.91 Å². The van der Waals surface area contributed by atoms with E-state index in [1.165, 1.54) is 0 Å². The predicted octanol–water partition coefficient (Wildman–Crippen LogP) is 2.62. The van der Waals surface area contributed by atoms with Gasteiger partial charge in [-0.3, -0.25) is 4.79 Å². The van der Waals surface area contributed by atoms with Gasteiger partial charge < -0.3 is 14.5 Å². The Bertz CT molecular complexity index is 708. The zero-order chi connectivity index (χ0) is 16.9. The minimum Gasteiger partial charge on any atom is -0.482 e. The van der Waals surface area contributed by atoms with Crippen molar-refractivity contribution in [3.63, 3.8) is 0 Å². The number of amides is 1. The number of hydrogen-bond acceptors (Lipinski definition) is 5. The highest BCUT2D eigenvalue weighted by molar-refractivity contribution is 9.10. The minimum absolute atomic E-state index is 0.0246. The van der Waals surface area contributed by atoms with E-state index in [9.17, 15) is 4.79 Å². The quantitative estimate of drug-likeness (QED) is 0.774. The average molecular weight is 412 g/mol. The van der Waals surface area contributed by atoms with Crippen molar-refractivity contribution < 1.29 is 9.53 Å². The molecular weight excluding hydrogens is 396 g/mol. The van der Waals surface area contributed by atoms with E-state index in [1.807, 2.05) is 6.07 Å². The van der Waals surface area contributed by atoms with Gasteiger partial charge in [0.15, 0.2) is 6.61 Å². The molecule has 1 aromatic heterocycles. The summed E-state index contributed by atoms with van der Waals surface area (Å²) in [6.45, 7) is 2.62. The van der Waals surface area contributed by atoms with E-state index in [1.54, 1.807) is 35.5 Å². The Morgan fingerprint density at radius 2 is 1.92 bits per heavy atom. The second-order valence-electron chi connectivity index (χ2n) is 5.28. The van der Waals surface area contributed by atoms with Crippen LogP contribution in [0.5, 0.6) is 5.75 Å². The van der Waals surface area contributed by atoms with E-state index in [4.69, 9.17) is 16.3 Å². The van der Waals surface area contributed by atoms with Crippen LogP contribution in [-0.2, 0) is 4.79 Å². The summed E-state index contributed by atoms with van der Waals surface area (Å²) in [6, 6.07) is 7.09. The minimum atomic E-state index is -0.0531. The lowest BCUT2D eigenvalue weighted by Gasteiger charge is -2.34. The molecule has 0 radical (unpaired) electrons. The number of rotatable bonds is 4. The predicted molar refractivity (Wildman–Crippen MR) is 95.5 cm³/mol. The maximum absolute atomic E-state index is 12.3. The summed E-state index contributed by atoms with van der Waals surface area (Å²) in [4.78, 5) is 24.6. The zero-order valence-electron chi connectivity index (χ0n) is 12.9. The van der Waals surface area contributed by atoms with E-state index >= 15 is 0 Å². The number of anilines is 1. The molecule has 1 aliphatic rings. The Morgan fingerprint density at radius 1 is 1.21 bits per heavy atom. The second kappa shape index (κ2) is 7.81. The van der Waals surface area contributed by atoms with Crippen LogP contribution in [0.3, 0.4) is 0 Å². The Balaban J connectivity index is 1.50. The Kier molecular flexibility index (Phi) is 5.52. The van der Waals surface area contributed by atoms with E-state index in [0.29, 0.717) is 42.9 Å². The monoisotopic (exact) mass is 410 g/mol. The van der Waals surface area contributed by atoms with Crippen LogP contribution in [0.2, 0.25) is 5.02 Å². The van der Waals surface area contributed by atoms with Crippen molar-refractivity contribution in [1.82, 2.24) is 14.9 Å². The van der Waals surface area contributed by atoms with Gasteiger partial charge in [0.05, 0.1) is 5.02 Å². The fraction of sp³-hybridized carbons (Fsp3) is 0.312. The van der Waals surface area contributed by atoms with Crippen molar-refractivity contribution in [1.29, 1.82) is 0 Å². The van der Waals surface area contributed by atoms with Gasteiger partial charge in [0.1, 0.15) is 5.75 Å². The molecule has 24 heavy (non-hydrogen) atoms. The zero-order valence-corrected chi connectivity index (χ0v) is 15.2. The molecule has 1 saturated heterocycles. The molecule has 2 heterocycles. The highest BCUT2D eigenvalue weighted by Crippen LogP contribution is 2.27. The van der Waals surface area contributed by atoms with Gasteiger partial charge in [-0.15, -0.1) is 0 Å². The lowest BCUT2D eigenvalue weighted by Crippen LogP contribution is -2.50. The third-order valence-electron chi connectivity index (χ3n) is 3.71. The first-order chi connectivity index (χ1) is 11.6. The lowest BCUT2D eigenvalue weighted by atomic mass is 10.3. The Hall–Kier alpha value is -1.86. The standard InChI is InChI=1S/C16H16BrClN4O2/c17-12-2-3-14(13(18)10-12)24-11-15(23)21-6-8-22(9-7-21)16-19-4-1-5-20-16/h1-5,10H,6-9,11H2. The number of carbonyl (C=O) groups is 1. The van der Waals surface area contributed by atoms with E-state index in [2.05, 4.69) is 30.8 Å². The third kappa shape index (κ3) is 4.15. The Labute approximate surface area is 153 Å². The molecule has 1 amide bonds. The fourth-order valence-corrected chi connectivity index (χ4v) is 3.16. The third-order valence-corrected chi connectivity index (χ3v) is 4.50. The fourth-order valence-electron chi connectivity index (χ4n) is 2.43. The van der Waals surface area contributed by atoms with Crippen molar-refractivity contribution in [3.8, 4) is 5.75 Å². The molecule has 126 valence electrons. The van der Waals surface area contributed by atoms with Gasteiger partial charge >= 0.3 is 0 Å². The molecule has 0 N–H and O–H groups in total. The van der Waals surface area contributed by atoms with Crippen molar-refractivity contribution in [3.05, 3.63) is 46.2 Å². The number of piperazine rings is 1. The smallest absolute Gasteiger partial charge is 0.260 e. The van der Waals surface area contributed by atoms with Gasteiger partial charge in [-0.2, -0.15) is 0 Å². The molecule has 1 aliphatic heterocycles. The van der Waals surface area contributed by atoms with Crippen molar-refractivity contribution in [2.45, 2.75) is 0 Å². The highest BCUT2D eigenvalue weighted by atomic mass is 79.9. The number of carbonyl (C=O) groups excluding carboxylic acids is 1. The molecule has 0 bridgehead atoms. The van der Waals surface area contributed by atoms with Crippen molar-refractivity contribution in [2.75, 3.05) is 37.7 Å². The van der Waals surface area contributed by atoms with Crippen LogP contribution in [0.1, 0.15) is 0 Å². The van der Waals surface area contributed by atoms with Gasteiger partial charge in [-0.1, -0.05) is 27.5 Å². The van der Waals surface area contributed by atoms with Gasteiger partial charge in [-0.25, -0.2) is 9.97 Å². The van der Waals surface area contributed by atoms with E-state index in [0.717, 1.165) is 4.47 Å². The molecule has 3 rings (SSSR count). The first-order valence-electron chi connectivity index (χ1n) is 7.51. The van der Waals surface area contributed by atoms with Crippen LogP contribution in [0.15, 0.2) is 41.1 Å². The molecule has 0 spiro atoms. The largest absolute Gasteiger partial charge is 0.482 e. The van der Waals surface area contributed by atoms with Crippen LogP contribution in [-0.4, -0.2) is 53.6 Å². The topological polar surface area (TPSA) is 58.6 Å². The van der Waals surface area contributed by atoms with Crippen LogP contribution in [0.25, 0.3) is 0 Å². The molecule has 1 aromatic carbocycles.